The SMILES string of the molecule is COc1ccc2c(c1)C[C@@H](C)C1C2CC[C@@]2(C)C1CC[C@@H]2O. The van der Waals surface area contributed by atoms with Gasteiger partial charge in [0.1, 0.15) is 5.75 Å². The molecule has 2 nitrogen and oxygen atoms in total. The van der Waals surface area contributed by atoms with E-state index in [0.29, 0.717) is 17.8 Å². The third kappa shape index (κ3) is 1.89. The van der Waals surface area contributed by atoms with Crippen LogP contribution in [0.1, 0.15) is 56.6 Å². The van der Waals surface area contributed by atoms with E-state index in [1.165, 1.54) is 24.8 Å². The minimum absolute atomic E-state index is 0.0806. The molecule has 0 heterocycles. The van der Waals surface area contributed by atoms with Crippen LogP contribution < -0.4 is 4.74 Å². The zero-order valence-corrected chi connectivity index (χ0v) is 14.0. The maximum absolute atomic E-state index is 10.5. The quantitative estimate of drug-likeness (QED) is 0.844. The van der Waals surface area contributed by atoms with Crippen molar-refractivity contribution in [1.29, 1.82) is 0 Å². The number of aliphatic hydroxyl groups excluding tert-OH is 1. The molecule has 2 fully saturated rings. The maximum atomic E-state index is 10.5. The van der Waals surface area contributed by atoms with Gasteiger partial charge in [-0.05, 0) is 84.5 Å². The first-order valence-corrected chi connectivity index (χ1v) is 8.89. The van der Waals surface area contributed by atoms with E-state index in [-0.39, 0.29) is 11.5 Å². The van der Waals surface area contributed by atoms with Gasteiger partial charge in [0.15, 0.2) is 0 Å². The lowest BCUT2D eigenvalue weighted by molar-refractivity contribution is -0.0356. The lowest BCUT2D eigenvalue weighted by Gasteiger charge is -2.52. The maximum Gasteiger partial charge on any atom is 0.119 e. The van der Waals surface area contributed by atoms with E-state index in [4.69, 9.17) is 4.74 Å². The molecule has 120 valence electrons. The molecule has 0 radical (unpaired) electrons. The van der Waals surface area contributed by atoms with E-state index in [2.05, 4.69) is 32.0 Å². The van der Waals surface area contributed by atoms with Crippen LogP contribution in [-0.4, -0.2) is 18.3 Å². The molecule has 0 bridgehead atoms. The van der Waals surface area contributed by atoms with Gasteiger partial charge in [0.25, 0.3) is 0 Å². The van der Waals surface area contributed by atoms with Crippen LogP contribution in [0, 0.1) is 23.2 Å². The molecule has 1 aromatic rings. The van der Waals surface area contributed by atoms with Crippen molar-refractivity contribution in [2.75, 3.05) is 7.11 Å². The Balaban J connectivity index is 1.73. The average Bonchev–Trinajstić information content (AvgIpc) is 2.82. The minimum atomic E-state index is -0.0806. The first kappa shape index (κ1) is 14.6. The zero-order valence-electron chi connectivity index (χ0n) is 14.0. The highest BCUT2D eigenvalue weighted by atomic mass is 16.5. The number of methoxy groups -OCH3 is 1. The van der Waals surface area contributed by atoms with Crippen LogP contribution in [0.2, 0.25) is 0 Å². The van der Waals surface area contributed by atoms with E-state index in [0.717, 1.165) is 24.5 Å². The van der Waals surface area contributed by atoms with Crippen LogP contribution in [-0.2, 0) is 6.42 Å². The molecule has 2 heteroatoms. The molecule has 1 aromatic carbocycles. The first-order chi connectivity index (χ1) is 10.5. The molecule has 1 N–H and O–H groups in total. The molecular weight excluding hydrogens is 272 g/mol. The molecule has 22 heavy (non-hydrogen) atoms. The smallest absolute Gasteiger partial charge is 0.119 e. The van der Waals surface area contributed by atoms with Gasteiger partial charge in [-0.1, -0.05) is 19.9 Å². The summed E-state index contributed by atoms with van der Waals surface area (Å²) in [7, 11) is 1.75. The fourth-order valence-corrected chi connectivity index (χ4v) is 6.05. The molecule has 6 atom stereocenters. The van der Waals surface area contributed by atoms with Crippen LogP contribution in [0.4, 0.5) is 0 Å². The number of fused-ring (bicyclic) bond motifs is 5. The van der Waals surface area contributed by atoms with Gasteiger partial charge in [-0.3, -0.25) is 0 Å². The van der Waals surface area contributed by atoms with Gasteiger partial charge in [0.2, 0.25) is 0 Å². The Morgan fingerprint density at radius 1 is 1.23 bits per heavy atom. The van der Waals surface area contributed by atoms with Crippen LogP contribution in [0.25, 0.3) is 0 Å². The van der Waals surface area contributed by atoms with Crippen molar-refractivity contribution >= 4 is 0 Å². The topological polar surface area (TPSA) is 29.5 Å². The standard InChI is InChI=1S/C20H28O2/c1-12-10-13-11-14(22-3)4-5-15(13)16-8-9-20(2)17(19(12)16)6-7-18(20)21/h4-5,11-12,16-19,21H,6-10H2,1-3H3/t12-,16?,17?,18+,19?,20+/m1/s1. The molecular formula is C20H28O2. The van der Waals surface area contributed by atoms with E-state index < -0.39 is 0 Å². The van der Waals surface area contributed by atoms with E-state index >= 15 is 0 Å². The van der Waals surface area contributed by atoms with Crippen molar-refractivity contribution in [1.82, 2.24) is 0 Å². The van der Waals surface area contributed by atoms with Gasteiger partial charge in [-0.2, -0.15) is 0 Å². The van der Waals surface area contributed by atoms with Crippen LogP contribution in [0.15, 0.2) is 18.2 Å². The lowest BCUT2D eigenvalue weighted by atomic mass is 9.53. The second-order valence-electron chi connectivity index (χ2n) is 8.17. The molecule has 0 saturated heterocycles. The average molecular weight is 300 g/mol. The first-order valence-electron chi connectivity index (χ1n) is 8.89. The molecule has 0 spiro atoms. The fourth-order valence-electron chi connectivity index (χ4n) is 6.05. The Bertz CT molecular complexity index is 581. The fraction of sp³-hybridized carbons (Fsp3) is 0.700. The summed E-state index contributed by atoms with van der Waals surface area (Å²) in [6.07, 6.45) is 5.72. The van der Waals surface area contributed by atoms with Crippen molar-refractivity contribution < 1.29 is 9.84 Å². The Morgan fingerprint density at radius 3 is 2.82 bits per heavy atom. The van der Waals surface area contributed by atoms with Crippen molar-refractivity contribution in [2.24, 2.45) is 23.2 Å². The molecule has 3 aliphatic rings. The van der Waals surface area contributed by atoms with Gasteiger partial charge in [0, 0.05) is 0 Å². The number of hydrogen-bond acceptors (Lipinski definition) is 2. The van der Waals surface area contributed by atoms with Crippen LogP contribution >= 0.6 is 0 Å². The molecule has 3 unspecified atom stereocenters. The third-order valence-corrected chi connectivity index (χ3v) is 7.23. The van der Waals surface area contributed by atoms with Crippen molar-refractivity contribution in [3.05, 3.63) is 29.3 Å². The lowest BCUT2D eigenvalue weighted by Crippen LogP contribution is -2.46. The van der Waals surface area contributed by atoms with Gasteiger partial charge < -0.3 is 9.84 Å². The van der Waals surface area contributed by atoms with E-state index in [1.807, 2.05) is 0 Å². The second kappa shape index (κ2) is 4.99. The highest BCUT2D eigenvalue weighted by molar-refractivity contribution is 5.41. The van der Waals surface area contributed by atoms with Gasteiger partial charge in [-0.15, -0.1) is 0 Å². The highest BCUT2D eigenvalue weighted by Gasteiger charge is 2.55. The second-order valence-corrected chi connectivity index (χ2v) is 8.17. The molecule has 0 amide bonds. The summed E-state index contributed by atoms with van der Waals surface area (Å²) in [5.41, 5.74) is 3.22. The van der Waals surface area contributed by atoms with Crippen molar-refractivity contribution in [3.63, 3.8) is 0 Å². The van der Waals surface area contributed by atoms with Crippen molar-refractivity contribution in [2.45, 2.75) is 58.0 Å². The summed E-state index contributed by atoms with van der Waals surface area (Å²) in [5.74, 6) is 3.83. The normalized spacial score (nSPS) is 43.2. The number of ether oxygens (including phenoxy) is 1. The van der Waals surface area contributed by atoms with E-state index in [9.17, 15) is 5.11 Å². The summed E-state index contributed by atoms with van der Waals surface area (Å²) in [6, 6.07) is 6.69. The van der Waals surface area contributed by atoms with Gasteiger partial charge in [0.05, 0.1) is 13.2 Å². The van der Waals surface area contributed by atoms with E-state index in [1.54, 1.807) is 12.7 Å². The molecule has 0 aliphatic heterocycles. The summed E-state index contributed by atoms with van der Waals surface area (Å²) in [5, 5.41) is 10.5. The third-order valence-electron chi connectivity index (χ3n) is 7.23. The van der Waals surface area contributed by atoms with Crippen molar-refractivity contribution in [3.8, 4) is 5.75 Å². The molecule has 3 aliphatic carbocycles. The Morgan fingerprint density at radius 2 is 2.05 bits per heavy atom. The molecule has 0 aromatic heterocycles. The summed E-state index contributed by atoms with van der Waals surface area (Å²) in [6.45, 7) is 4.78. The zero-order chi connectivity index (χ0) is 15.5. The van der Waals surface area contributed by atoms with Gasteiger partial charge >= 0.3 is 0 Å². The highest BCUT2D eigenvalue weighted by Crippen LogP contribution is 2.62. The minimum Gasteiger partial charge on any atom is -0.497 e. The molecule has 2 saturated carbocycles. The predicted molar refractivity (Wildman–Crippen MR) is 88.2 cm³/mol. The number of benzene rings is 1. The summed E-state index contributed by atoms with van der Waals surface area (Å²) < 4.78 is 5.42. The largest absolute Gasteiger partial charge is 0.497 e. The van der Waals surface area contributed by atoms with Crippen LogP contribution in [0.3, 0.4) is 0 Å². The summed E-state index contributed by atoms with van der Waals surface area (Å²) in [4.78, 5) is 0. The monoisotopic (exact) mass is 300 g/mol. The number of aliphatic hydroxyl groups is 1. The Kier molecular flexibility index (Phi) is 3.30. The summed E-state index contributed by atoms with van der Waals surface area (Å²) >= 11 is 0. The predicted octanol–water partition coefficient (Wildman–Crippen LogP) is 4.16. The number of hydrogen-bond donors (Lipinski definition) is 1. The Labute approximate surface area is 133 Å². The Hall–Kier alpha value is -1.02. The molecule has 4 rings (SSSR count). The number of rotatable bonds is 1. The van der Waals surface area contributed by atoms with Crippen LogP contribution in [0.5, 0.6) is 5.75 Å². The van der Waals surface area contributed by atoms with Gasteiger partial charge in [-0.25, -0.2) is 0 Å².